The molecule has 0 saturated carbocycles. The second-order valence-electron chi connectivity index (χ2n) is 6.94. The lowest BCUT2D eigenvalue weighted by molar-refractivity contribution is -0.121. The molecule has 0 unspecified atom stereocenters. The summed E-state index contributed by atoms with van der Waals surface area (Å²) in [5.41, 5.74) is 3.31. The fourth-order valence-corrected chi connectivity index (χ4v) is 3.32. The normalized spacial score (nSPS) is 11.5. The molecule has 0 spiro atoms. The van der Waals surface area contributed by atoms with Crippen LogP contribution in [0, 0.1) is 0 Å². The maximum Gasteiger partial charge on any atom is 0.220 e. The number of hydrogen-bond donors (Lipinski definition) is 1. The average Bonchev–Trinajstić information content (AvgIpc) is 2.78. The van der Waals surface area contributed by atoms with E-state index in [-0.39, 0.29) is 11.9 Å². The van der Waals surface area contributed by atoms with E-state index >= 15 is 0 Å². The second-order valence-corrected chi connectivity index (χ2v) is 6.94. The lowest BCUT2D eigenvalue weighted by Crippen LogP contribution is -2.30. The first kappa shape index (κ1) is 20.5. The Balaban J connectivity index is 1.67. The van der Waals surface area contributed by atoms with Crippen LogP contribution in [-0.2, 0) is 17.6 Å². The minimum Gasteiger partial charge on any atom is -0.497 e. The van der Waals surface area contributed by atoms with Crippen LogP contribution >= 0.6 is 0 Å². The number of carbonyl (C=O) groups is 1. The smallest absolute Gasteiger partial charge is 0.220 e. The van der Waals surface area contributed by atoms with Crippen molar-refractivity contribution >= 4 is 5.91 Å². The SMILES string of the molecule is COc1cc(CCC(=O)N[C@@H](Cc2ccccc2)c2ccccc2)cc(OC)c1. The first-order valence-corrected chi connectivity index (χ1v) is 9.78. The van der Waals surface area contributed by atoms with E-state index in [9.17, 15) is 4.79 Å². The number of methoxy groups -OCH3 is 2. The first-order valence-electron chi connectivity index (χ1n) is 9.78. The minimum atomic E-state index is -0.0639. The zero-order valence-corrected chi connectivity index (χ0v) is 16.9. The molecule has 0 aliphatic heterocycles. The molecule has 4 heteroatoms. The van der Waals surface area contributed by atoms with Crippen molar-refractivity contribution in [2.45, 2.75) is 25.3 Å². The third kappa shape index (κ3) is 6.11. The van der Waals surface area contributed by atoms with E-state index in [4.69, 9.17) is 9.47 Å². The molecular formula is C25H27NO3. The monoisotopic (exact) mass is 389 g/mol. The molecule has 0 aliphatic rings. The Morgan fingerprint density at radius 2 is 1.41 bits per heavy atom. The van der Waals surface area contributed by atoms with Gasteiger partial charge in [-0.15, -0.1) is 0 Å². The minimum absolute atomic E-state index is 0.0246. The molecule has 3 aromatic carbocycles. The molecule has 0 aromatic heterocycles. The van der Waals surface area contributed by atoms with Gasteiger partial charge in [0.05, 0.1) is 20.3 Å². The molecule has 0 heterocycles. The molecule has 1 amide bonds. The Bertz CT molecular complexity index is 888. The van der Waals surface area contributed by atoms with E-state index in [1.165, 1.54) is 5.56 Å². The molecule has 1 N–H and O–H groups in total. The van der Waals surface area contributed by atoms with Crippen molar-refractivity contribution < 1.29 is 14.3 Å². The van der Waals surface area contributed by atoms with Gasteiger partial charge in [-0.3, -0.25) is 4.79 Å². The number of ether oxygens (including phenoxy) is 2. The van der Waals surface area contributed by atoms with Crippen molar-refractivity contribution in [3.8, 4) is 11.5 Å². The van der Waals surface area contributed by atoms with Crippen molar-refractivity contribution in [2.75, 3.05) is 14.2 Å². The number of amides is 1. The Hall–Kier alpha value is -3.27. The van der Waals surface area contributed by atoms with E-state index in [0.717, 1.165) is 29.0 Å². The molecule has 3 rings (SSSR count). The predicted octanol–water partition coefficient (Wildman–Crippen LogP) is 4.74. The van der Waals surface area contributed by atoms with Crippen LogP contribution in [-0.4, -0.2) is 20.1 Å². The maximum atomic E-state index is 12.7. The van der Waals surface area contributed by atoms with Gasteiger partial charge < -0.3 is 14.8 Å². The summed E-state index contributed by atoms with van der Waals surface area (Å²) in [6.07, 6.45) is 1.77. The molecule has 0 saturated heterocycles. The van der Waals surface area contributed by atoms with Crippen molar-refractivity contribution in [3.63, 3.8) is 0 Å². The molecule has 4 nitrogen and oxygen atoms in total. The highest BCUT2D eigenvalue weighted by atomic mass is 16.5. The summed E-state index contributed by atoms with van der Waals surface area (Å²) < 4.78 is 10.6. The summed E-state index contributed by atoms with van der Waals surface area (Å²) in [5.74, 6) is 1.48. The van der Waals surface area contributed by atoms with Gasteiger partial charge in [0.1, 0.15) is 11.5 Å². The molecule has 0 bridgehead atoms. The van der Waals surface area contributed by atoms with Crippen LogP contribution in [0.4, 0.5) is 0 Å². The highest BCUT2D eigenvalue weighted by molar-refractivity contribution is 5.76. The largest absolute Gasteiger partial charge is 0.497 e. The molecule has 0 fully saturated rings. The van der Waals surface area contributed by atoms with Crippen molar-refractivity contribution in [1.82, 2.24) is 5.32 Å². The van der Waals surface area contributed by atoms with Crippen LogP contribution in [0.25, 0.3) is 0 Å². The number of rotatable bonds is 9. The van der Waals surface area contributed by atoms with Crippen molar-refractivity contribution in [3.05, 3.63) is 95.6 Å². The first-order chi connectivity index (χ1) is 14.2. The van der Waals surface area contributed by atoms with Crippen LogP contribution in [0.3, 0.4) is 0 Å². The van der Waals surface area contributed by atoms with Gasteiger partial charge in [0.2, 0.25) is 5.91 Å². The summed E-state index contributed by atoms with van der Waals surface area (Å²) >= 11 is 0. The Morgan fingerprint density at radius 1 is 0.828 bits per heavy atom. The van der Waals surface area contributed by atoms with E-state index < -0.39 is 0 Å². The number of nitrogens with one attached hydrogen (secondary N) is 1. The average molecular weight is 389 g/mol. The predicted molar refractivity (Wildman–Crippen MR) is 115 cm³/mol. The fourth-order valence-electron chi connectivity index (χ4n) is 3.32. The quantitative estimate of drug-likeness (QED) is 0.575. The fraction of sp³-hybridized carbons (Fsp3) is 0.240. The number of benzene rings is 3. The van der Waals surface area contributed by atoms with Crippen LogP contribution < -0.4 is 14.8 Å². The van der Waals surface area contributed by atoms with E-state index in [1.807, 2.05) is 54.6 Å². The van der Waals surface area contributed by atoms with Gasteiger partial charge >= 0.3 is 0 Å². The van der Waals surface area contributed by atoms with Crippen LogP contribution in [0.5, 0.6) is 11.5 Å². The summed E-state index contributed by atoms with van der Waals surface area (Å²) in [5, 5.41) is 3.21. The van der Waals surface area contributed by atoms with Crippen LogP contribution in [0.2, 0.25) is 0 Å². The Labute approximate surface area is 172 Å². The Morgan fingerprint density at radius 3 is 2.00 bits per heavy atom. The third-order valence-electron chi connectivity index (χ3n) is 4.87. The van der Waals surface area contributed by atoms with E-state index in [2.05, 4.69) is 29.6 Å². The topological polar surface area (TPSA) is 47.6 Å². The third-order valence-corrected chi connectivity index (χ3v) is 4.87. The summed E-state index contributed by atoms with van der Waals surface area (Å²) in [7, 11) is 3.25. The number of carbonyl (C=O) groups excluding carboxylic acids is 1. The molecule has 0 radical (unpaired) electrons. The molecule has 0 aliphatic carbocycles. The standard InChI is InChI=1S/C25H27NO3/c1-28-22-15-20(16-23(18-22)29-2)13-14-25(27)26-24(21-11-7-4-8-12-21)17-19-9-5-3-6-10-19/h3-12,15-16,18,24H,13-14,17H2,1-2H3,(H,26,27)/t24-/m0/s1. The maximum absolute atomic E-state index is 12.7. The number of aryl methyl sites for hydroxylation is 1. The van der Waals surface area contributed by atoms with Crippen molar-refractivity contribution in [2.24, 2.45) is 0 Å². The Kier molecular flexibility index (Phi) is 7.28. The van der Waals surface area contributed by atoms with Gasteiger partial charge in [-0.25, -0.2) is 0 Å². The molecule has 3 aromatic rings. The van der Waals surface area contributed by atoms with Crippen LogP contribution in [0.15, 0.2) is 78.9 Å². The zero-order chi connectivity index (χ0) is 20.5. The summed E-state index contributed by atoms with van der Waals surface area (Å²) in [4.78, 5) is 12.7. The molecule has 150 valence electrons. The van der Waals surface area contributed by atoms with E-state index in [0.29, 0.717) is 12.8 Å². The number of hydrogen-bond acceptors (Lipinski definition) is 3. The zero-order valence-electron chi connectivity index (χ0n) is 16.9. The molecule has 29 heavy (non-hydrogen) atoms. The summed E-state index contributed by atoms with van der Waals surface area (Å²) in [6, 6.07) is 26.0. The summed E-state index contributed by atoms with van der Waals surface area (Å²) in [6.45, 7) is 0. The van der Waals surface area contributed by atoms with Gasteiger partial charge in [0.25, 0.3) is 0 Å². The van der Waals surface area contributed by atoms with Crippen LogP contribution in [0.1, 0.15) is 29.2 Å². The van der Waals surface area contributed by atoms with Gasteiger partial charge in [0.15, 0.2) is 0 Å². The highest BCUT2D eigenvalue weighted by Crippen LogP contribution is 2.24. The van der Waals surface area contributed by atoms with Gasteiger partial charge in [-0.2, -0.15) is 0 Å². The highest BCUT2D eigenvalue weighted by Gasteiger charge is 2.15. The van der Waals surface area contributed by atoms with Crippen molar-refractivity contribution in [1.29, 1.82) is 0 Å². The van der Waals surface area contributed by atoms with Gasteiger partial charge in [0, 0.05) is 12.5 Å². The molecular weight excluding hydrogens is 362 g/mol. The van der Waals surface area contributed by atoms with Gasteiger partial charge in [-0.1, -0.05) is 60.7 Å². The lowest BCUT2D eigenvalue weighted by atomic mass is 9.98. The molecule has 1 atom stereocenters. The lowest BCUT2D eigenvalue weighted by Gasteiger charge is -2.20. The van der Waals surface area contributed by atoms with Gasteiger partial charge in [-0.05, 0) is 41.7 Å². The second kappa shape index (κ2) is 10.3. The van der Waals surface area contributed by atoms with E-state index in [1.54, 1.807) is 14.2 Å².